The Bertz CT molecular complexity index is 222. The van der Waals surface area contributed by atoms with E-state index >= 15 is 0 Å². The van der Waals surface area contributed by atoms with E-state index in [4.69, 9.17) is 4.74 Å². The minimum Gasteiger partial charge on any atom is -0.444 e. The van der Waals surface area contributed by atoms with E-state index in [0.29, 0.717) is 11.8 Å². The first-order valence-corrected chi connectivity index (χ1v) is 5.76. The second-order valence-corrected chi connectivity index (χ2v) is 5.83. The molecule has 0 aromatic heterocycles. The van der Waals surface area contributed by atoms with Gasteiger partial charge in [0, 0.05) is 13.1 Å². The third-order valence-corrected chi connectivity index (χ3v) is 2.52. The van der Waals surface area contributed by atoms with Crippen LogP contribution in [0.1, 0.15) is 41.0 Å². The highest BCUT2D eigenvalue weighted by molar-refractivity contribution is 5.68. The molecule has 0 bridgehead atoms. The molecule has 0 unspecified atom stereocenters. The lowest BCUT2D eigenvalue weighted by atomic mass is 9.92. The molecule has 0 N–H and O–H groups in total. The van der Waals surface area contributed by atoms with Crippen molar-refractivity contribution < 1.29 is 9.53 Å². The first kappa shape index (κ1) is 12.3. The zero-order valence-corrected chi connectivity index (χ0v) is 10.5. The molecule has 0 radical (unpaired) electrons. The number of hydrogen-bond acceptors (Lipinski definition) is 2. The number of nitrogens with zero attached hydrogens (tertiary/aromatic N) is 1. The molecule has 1 rings (SSSR count). The third kappa shape index (κ3) is 4.10. The average molecular weight is 213 g/mol. The van der Waals surface area contributed by atoms with Crippen molar-refractivity contribution in [1.29, 1.82) is 0 Å². The van der Waals surface area contributed by atoms with Gasteiger partial charge in [0.25, 0.3) is 0 Å². The highest BCUT2D eigenvalue weighted by atomic mass is 16.6. The van der Waals surface area contributed by atoms with Crippen molar-refractivity contribution in [2.45, 2.75) is 46.6 Å². The molecule has 3 heteroatoms. The second-order valence-electron chi connectivity index (χ2n) is 5.83. The van der Waals surface area contributed by atoms with Crippen molar-refractivity contribution >= 4 is 6.09 Å². The normalized spacial score (nSPS) is 27.7. The number of ether oxygens (including phenoxy) is 1. The first-order valence-electron chi connectivity index (χ1n) is 5.76. The summed E-state index contributed by atoms with van der Waals surface area (Å²) in [6.07, 6.45) is 1.04. The van der Waals surface area contributed by atoms with Crippen molar-refractivity contribution in [1.82, 2.24) is 4.90 Å². The van der Waals surface area contributed by atoms with E-state index in [-0.39, 0.29) is 11.7 Å². The van der Waals surface area contributed by atoms with Gasteiger partial charge in [-0.3, -0.25) is 0 Å². The van der Waals surface area contributed by atoms with Gasteiger partial charge < -0.3 is 9.64 Å². The first-order chi connectivity index (χ1) is 6.78. The largest absolute Gasteiger partial charge is 0.444 e. The summed E-state index contributed by atoms with van der Waals surface area (Å²) < 4.78 is 5.36. The number of carbonyl (C=O) groups is 1. The molecule has 1 aliphatic rings. The maximum Gasteiger partial charge on any atom is 0.410 e. The van der Waals surface area contributed by atoms with Gasteiger partial charge in [-0.2, -0.15) is 0 Å². The van der Waals surface area contributed by atoms with Gasteiger partial charge in [0.05, 0.1) is 0 Å². The Morgan fingerprint density at radius 2 is 1.67 bits per heavy atom. The highest BCUT2D eigenvalue weighted by Gasteiger charge is 2.28. The maximum atomic E-state index is 11.8. The minimum absolute atomic E-state index is 0.166. The van der Waals surface area contributed by atoms with Gasteiger partial charge in [-0.25, -0.2) is 4.79 Å². The van der Waals surface area contributed by atoms with Gasteiger partial charge in [0.15, 0.2) is 0 Å². The molecule has 15 heavy (non-hydrogen) atoms. The molecule has 2 atom stereocenters. The van der Waals surface area contributed by atoms with Crippen LogP contribution in [-0.4, -0.2) is 29.7 Å². The number of likely N-dealkylation sites (tertiary alicyclic amines) is 1. The van der Waals surface area contributed by atoms with Gasteiger partial charge in [0.2, 0.25) is 0 Å². The predicted molar refractivity (Wildman–Crippen MR) is 60.8 cm³/mol. The van der Waals surface area contributed by atoms with Crippen molar-refractivity contribution in [3.8, 4) is 0 Å². The Hall–Kier alpha value is -0.730. The summed E-state index contributed by atoms with van der Waals surface area (Å²) in [5, 5.41) is 0. The van der Waals surface area contributed by atoms with Crippen molar-refractivity contribution in [2.24, 2.45) is 11.8 Å². The van der Waals surface area contributed by atoms with Gasteiger partial charge in [-0.15, -0.1) is 0 Å². The van der Waals surface area contributed by atoms with Crippen LogP contribution in [0.25, 0.3) is 0 Å². The van der Waals surface area contributed by atoms with E-state index < -0.39 is 0 Å². The van der Waals surface area contributed by atoms with E-state index in [2.05, 4.69) is 13.8 Å². The molecule has 1 fully saturated rings. The van der Waals surface area contributed by atoms with Crippen molar-refractivity contribution in [3.63, 3.8) is 0 Å². The number of amides is 1. The average Bonchev–Trinajstić information content (AvgIpc) is 1.98. The summed E-state index contributed by atoms with van der Waals surface area (Å²) in [4.78, 5) is 13.6. The van der Waals surface area contributed by atoms with Crippen LogP contribution in [0.4, 0.5) is 4.79 Å². The maximum absolute atomic E-state index is 11.8. The fraction of sp³-hybridized carbons (Fsp3) is 0.917. The number of carbonyl (C=O) groups excluding carboxylic acids is 1. The second kappa shape index (κ2) is 4.42. The van der Waals surface area contributed by atoms with Crippen LogP contribution in [0.15, 0.2) is 0 Å². The number of piperidine rings is 1. The van der Waals surface area contributed by atoms with E-state index in [9.17, 15) is 4.79 Å². The van der Waals surface area contributed by atoms with Crippen LogP contribution >= 0.6 is 0 Å². The van der Waals surface area contributed by atoms with E-state index in [1.165, 1.54) is 6.42 Å². The van der Waals surface area contributed by atoms with Gasteiger partial charge in [-0.05, 0) is 39.0 Å². The van der Waals surface area contributed by atoms with Crippen LogP contribution < -0.4 is 0 Å². The van der Waals surface area contributed by atoms with Crippen LogP contribution in [-0.2, 0) is 4.74 Å². The topological polar surface area (TPSA) is 29.5 Å². The molecule has 3 nitrogen and oxygen atoms in total. The Morgan fingerprint density at radius 3 is 2.07 bits per heavy atom. The molecule has 1 heterocycles. The zero-order valence-electron chi connectivity index (χ0n) is 10.5. The summed E-state index contributed by atoms with van der Waals surface area (Å²) in [6, 6.07) is 0. The fourth-order valence-corrected chi connectivity index (χ4v) is 2.14. The summed E-state index contributed by atoms with van der Waals surface area (Å²) >= 11 is 0. The Labute approximate surface area is 92.8 Å². The van der Waals surface area contributed by atoms with Crippen LogP contribution in [0.5, 0.6) is 0 Å². The molecule has 0 aromatic carbocycles. The standard InChI is InChI=1S/C12H23NO2/c1-9-6-10(2)8-13(7-9)11(14)15-12(3,4)5/h9-10H,6-8H2,1-5H3/t9-,10-/m1/s1. The minimum atomic E-state index is -0.388. The SMILES string of the molecule is C[C@@H]1C[C@@H](C)CN(C(=O)OC(C)(C)C)C1. The van der Waals surface area contributed by atoms with E-state index in [1.54, 1.807) is 0 Å². The molecule has 0 aromatic rings. The molecule has 0 saturated carbocycles. The molecular formula is C12H23NO2. The summed E-state index contributed by atoms with van der Waals surface area (Å²) in [5.74, 6) is 1.17. The number of hydrogen-bond donors (Lipinski definition) is 0. The lowest BCUT2D eigenvalue weighted by molar-refractivity contribution is 0.0120. The predicted octanol–water partition coefficient (Wildman–Crippen LogP) is 2.90. The summed E-state index contributed by atoms with van der Waals surface area (Å²) in [5.41, 5.74) is -0.388. The quantitative estimate of drug-likeness (QED) is 0.619. The van der Waals surface area contributed by atoms with Crippen molar-refractivity contribution in [2.75, 3.05) is 13.1 Å². The van der Waals surface area contributed by atoms with E-state index in [1.807, 2.05) is 25.7 Å². The lowest BCUT2D eigenvalue weighted by Gasteiger charge is -2.35. The highest BCUT2D eigenvalue weighted by Crippen LogP contribution is 2.22. The fourth-order valence-electron chi connectivity index (χ4n) is 2.14. The molecular weight excluding hydrogens is 190 g/mol. The summed E-state index contributed by atoms with van der Waals surface area (Å²) in [7, 11) is 0. The zero-order chi connectivity index (χ0) is 11.6. The number of rotatable bonds is 0. The van der Waals surface area contributed by atoms with Crippen LogP contribution in [0.3, 0.4) is 0 Å². The lowest BCUT2D eigenvalue weighted by Crippen LogP contribution is -2.44. The van der Waals surface area contributed by atoms with Crippen molar-refractivity contribution in [3.05, 3.63) is 0 Å². The third-order valence-electron chi connectivity index (χ3n) is 2.52. The van der Waals surface area contributed by atoms with Gasteiger partial charge in [-0.1, -0.05) is 13.8 Å². The van der Waals surface area contributed by atoms with Crippen LogP contribution in [0, 0.1) is 11.8 Å². The molecule has 1 saturated heterocycles. The van der Waals surface area contributed by atoms with Crippen LogP contribution in [0.2, 0.25) is 0 Å². The molecule has 1 aliphatic heterocycles. The van der Waals surface area contributed by atoms with Gasteiger partial charge >= 0.3 is 6.09 Å². The van der Waals surface area contributed by atoms with Gasteiger partial charge in [0.1, 0.15) is 5.60 Å². The molecule has 0 spiro atoms. The molecule has 88 valence electrons. The summed E-state index contributed by atoms with van der Waals surface area (Å²) in [6.45, 7) is 11.8. The Morgan fingerprint density at radius 1 is 1.20 bits per heavy atom. The molecule has 0 aliphatic carbocycles. The van der Waals surface area contributed by atoms with E-state index in [0.717, 1.165) is 13.1 Å². The monoisotopic (exact) mass is 213 g/mol. The Kier molecular flexibility index (Phi) is 3.63. The Balaban J connectivity index is 2.52. The smallest absolute Gasteiger partial charge is 0.410 e. The molecule has 1 amide bonds.